The van der Waals surface area contributed by atoms with Crippen molar-refractivity contribution in [3.8, 4) is 11.5 Å². The molecule has 2 aromatic carbocycles. The zero-order valence-corrected chi connectivity index (χ0v) is 14.6. The SMILES string of the molecule is COc1ccc(/C=C2/N=C(Cc3ccc(Cl)cc3)NC2=O)cc1OC. The molecule has 5 nitrogen and oxygen atoms in total. The van der Waals surface area contributed by atoms with E-state index in [1.54, 1.807) is 32.4 Å². The van der Waals surface area contributed by atoms with Crippen molar-refractivity contribution >= 4 is 29.4 Å². The first-order chi connectivity index (χ1) is 12.1. The molecule has 1 aliphatic rings. The average Bonchev–Trinajstić information content (AvgIpc) is 2.96. The smallest absolute Gasteiger partial charge is 0.275 e. The maximum absolute atomic E-state index is 12.1. The number of carbonyl (C=O) groups is 1. The second-order valence-electron chi connectivity index (χ2n) is 5.46. The van der Waals surface area contributed by atoms with E-state index >= 15 is 0 Å². The van der Waals surface area contributed by atoms with Crippen molar-refractivity contribution in [1.82, 2.24) is 5.32 Å². The third-order valence-electron chi connectivity index (χ3n) is 3.74. The number of nitrogens with one attached hydrogen (secondary N) is 1. The molecule has 0 saturated heterocycles. The van der Waals surface area contributed by atoms with Crippen LogP contribution >= 0.6 is 11.6 Å². The summed E-state index contributed by atoms with van der Waals surface area (Å²) in [7, 11) is 3.15. The molecule has 1 aliphatic heterocycles. The second-order valence-corrected chi connectivity index (χ2v) is 5.90. The first-order valence-electron chi connectivity index (χ1n) is 7.66. The third-order valence-corrected chi connectivity index (χ3v) is 3.99. The van der Waals surface area contributed by atoms with Gasteiger partial charge in [0.25, 0.3) is 5.91 Å². The summed E-state index contributed by atoms with van der Waals surface area (Å²) in [6.45, 7) is 0. The quantitative estimate of drug-likeness (QED) is 0.834. The molecule has 25 heavy (non-hydrogen) atoms. The Morgan fingerprint density at radius 1 is 1.08 bits per heavy atom. The second kappa shape index (κ2) is 7.40. The van der Waals surface area contributed by atoms with Gasteiger partial charge in [-0.1, -0.05) is 29.8 Å². The van der Waals surface area contributed by atoms with E-state index < -0.39 is 0 Å². The molecule has 128 valence electrons. The summed E-state index contributed by atoms with van der Waals surface area (Å²) in [5.74, 6) is 1.62. The van der Waals surface area contributed by atoms with Gasteiger partial charge in [-0.2, -0.15) is 0 Å². The van der Waals surface area contributed by atoms with Crippen LogP contribution in [-0.2, 0) is 11.2 Å². The van der Waals surface area contributed by atoms with Crippen LogP contribution in [0.5, 0.6) is 11.5 Å². The summed E-state index contributed by atoms with van der Waals surface area (Å²) >= 11 is 5.88. The van der Waals surface area contributed by atoms with Gasteiger partial charge in [-0.25, -0.2) is 4.99 Å². The Hall–Kier alpha value is -2.79. The highest BCUT2D eigenvalue weighted by Gasteiger charge is 2.20. The van der Waals surface area contributed by atoms with Gasteiger partial charge >= 0.3 is 0 Å². The molecule has 0 bridgehead atoms. The third kappa shape index (κ3) is 4.00. The zero-order chi connectivity index (χ0) is 17.8. The van der Waals surface area contributed by atoms with Gasteiger partial charge in [0.15, 0.2) is 11.5 Å². The van der Waals surface area contributed by atoms with Crippen LogP contribution in [0.4, 0.5) is 0 Å². The number of hydrogen-bond donors (Lipinski definition) is 1. The number of amidine groups is 1. The number of halogens is 1. The summed E-state index contributed by atoms with van der Waals surface area (Å²) in [5, 5.41) is 3.47. The van der Waals surface area contributed by atoms with Crippen molar-refractivity contribution < 1.29 is 14.3 Å². The maximum Gasteiger partial charge on any atom is 0.275 e. The minimum absolute atomic E-state index is 0.223. The lowest BCUT2D eigenvalue weighted by Gasteiger charge is -2.07. The Morgan fingerprint density at radius 2 is 1.80 bits per heavy atom. The Bertz CT molecular complexity index is 857. The van der Waals surface area contributed by atoms with E-state index in [1.807, 2.05) is 30.3 Å². The summed E-state index contributed by atoms with van der Waals surface area (Å²) in [5.41, 5.74) is 2.19. The number of hydrogen-bond acceptors (Lipinski definition) is 4. The number of aliphatic imine (C=N–C) groups is 1. The van der Waals surface area contributed by atoms with Crippen molar-refractivity contribution in [1.29, 1.82) is 0 Å². The molecule has 0 spiro atoms. The molecule has 1 N–H and O–H groups in total. The van der Waals surface area contributed by atoms with Gasteiger partial charge < -0.3 is 14.8 Å². The van der Waals surface area contributed by atoms with Crippen molar-refractivity contribution in [2.45, 2.75) is 6.42 Å². The summed E-state index contributed by atoms with van der Waals surface area (Å²) in [4.78, 5) is 16.5. The Morgan fingerprint density at radius 3 is 2.48 bits per heavy atom. The number of carbonyl (C=O) groups excluding carboxylic acids is 1. The largest absolute Gasteiger partial charge is 0.493 e. The highest BCUT2D eigenvalue weighted by atomic mass is 35.5. The molecule has 0 fully saturated rings. The normalized spacial score (nSPS) is 15.1. The zero-order valence-electron chi connectivity index (χ0n) is 13.9. The number of nitrogens with zero attached hydrogens (tertiary/aromatic N) is 1. The number of methoxy groups -OCH3 is 2. The Balaban J connectivity index is 1.82. The summed E-state index contributed by atoms with van der Waals surface area (Å²) in [6.07, 6.45) is 2.25. The molecule has 0 aromatic heterocycles. The molecule has 0 aliphatic carbocycles. The van der Waals surface area contributed by atoms with E-state index in [0.29, 0.717) is 34.5 Å². The van der Waals surface area contributed by atoms with Crippen molar-refractivity contribution in [3.05, 3.63) is 64.3 Å². The van der Waals surface area contributed by atoms with E-state index in [0.717, 1.165) is 11.1 Å². The van der Waals surface area contributed by atoms with Crippen LogP contribution in [0, 0.1) is 0 Å². The molecule has 2 aromatic rings. The fraction of sp³-hybridized carbons (Fsp3) is 0.158. The fourth-order valence-corrected chi connectivity index (χ4v) is 2.62. The van der Waals surface area contributed by atoms with E-state index in [2.05, 4.69) is 10.3 Å². The van der Waals surface area contributed by atoms with E-state index in [4.69, 9.17) is 21.1 Å². The number of benzene rings is 2. The van der Waals surface area contributed by atoms with Crippen LogP contribution in [-0.4, -0.2) is 26.0 Å². The molecule has 0 radical (unpaired) electrons. The fourth-order valence-electron chi connectivity index (χ4n) is 2.50. The minimum atomic E-state index is -0.223. The Labute approximate surface area is 150 Å². The van der Waals surface area contributed by atoms with Gasteiger partial charge in [0.2, 0.25) is 0 Å². The van der Waals surface area contributed by atoms with E-state index in [-0.39, 0.29) is 5.91 Å². The van der Waals surface area contributed by atoms with Crippen LogP contribution in [0.25, 0.3) is 6.08 Å². The minimum Gasteiger partial charge on any atom is -0.493 e. The standard InChI is InChI=1S/C19H17ClN2O3/c1-24-16-8-5-13(10-17(16)25-2)9-15-19(23)22-18(21-15)11-12-3-6-14(20)7-4-12/h3-10H,11H2,1-2H3,(H,21,22,23)/b15-9+. The van der Waals surface area contributed by atoms with Gasteiger partial charge in [-0.15, -0.1) is 0 Å². The van der Waals surface area contributed by atoms with Crippen molar-refractivity contribution in [3.63, 3.8) is 0 Å². The topological polar surface area (TPSA) is 59.9 Å². The molecule has 0 atom stereocenters. The highest BCUT2D eigenvalue weighted by Crippen LogP contribution is 2.28. The van der Waals surface area contributed by atoms with Gasteiger partial charge in [-0.3, -0.25) is 4.79 Å². The van der Waals surface area contributed by atoms with Crippen LogP contribution in [0.15, 0.2) is 53.2 Å². The number of rotatable bonds is 5. The van der Waals surface area contributed by atoms with Gasteiger partial charge in [-0.05, 0) is 41.5 Å². The lowest BCUT2D eigenvalue weighted by molar-refractivity contribution is -0.115. The molecular weight excluding hydrogens is 340 g/mol. The average molecular weight is 357 g/mol. The molecular formula is C19H17ClN2O3. The summed E-state index contributed by atoms with van der Waals surface area (Å²) in [6, 6.07) is 12.9. The number of amides is 1. The van der Waals surface area contributed by atoms with Crippen LogP contribution in [0.2, 0.25) is 5.02 Å². The molecule has 1 heterocycles. The first-order valence-corrected chi connectivity index (χ1v) is 8.04. The predicted octanol–water partition coefficient (Wildman–Crippen LogP) is 3.47. The van der Waals surface area contributed by atoms with Gasteiger partial charge in [0, 0.05) is 11.4 Å². The number of ether oxygens (including phenoxy) is 2. The predicted molar refractivity (Wildman–Crippen MR) is 98.3 cm³/mol. The van der Waals surface area contributed by atoms with Gasteiger partial charge in [0.05, 0.1) is 14.2 Å². The van der Waals surface area contributed by atoms with Crippen LogP contribution in [0.1, 0.15) is 11.1 Å². The maximum atomic E-state index is 12.1. The first kappa shape index (κ1) is 17.0. The summed E-state index contributed by atoms with van der Waals surface area (Å²) < 4.78 is 10.5. The highest BCUT2D eigenvalue weighted by molar-refractivity contribution is 6.30. The molecule has 6 heteroatoms. The molecule has 3 rings (SSSR count). The lowest BCUT2D eigenvalue weighted by Crippen LogP contribution is -2.25. The Kier molecular flexibility index (Phi) is 5.05. The van der Waals surface area contributed by atoms with Crippen LogP contribution in [0.3, 0.4) is 0 Å². The monoisotopic (exact) mass is 356 g/mol. The van der Waals surface area contributed by atoms with E-state index in [9.17, 15) is 4.79 Å². The molecule has 0 unspecified atom stereocenters. The van der Waals surface area contributed by atoms with Crippen molar-refractivity contribution in [2.24, 2.45) is 4.99 Å². The van der Waals surface area contributed by atoms with E-state index in [1.165, 1.54) is 0 Å². The van der Waals surface area contributed by atoms with Gasteiger partial charge in [0.1, 0.15) is 11.5 Å². The molecule has 1 amide bonds. The van der Waals surface area contributed by atoms with Crippen LogP contribution < -0.4 is 14.8 Å². The lowest BCUT2D eigenvalue weighted by atomic mass is 10.1. The molecule has 0 saturated carbocycles. The van der Waals surface area contributed by atoms with Crippen molar-refractivity contribution in [2.75, 3.05) is 14.2 Å².